The Hall–Kier alpha value is -2.52. The van der Waals surface area contributed by atoms with Crippen molar-refractivity contribution in [2.75, 3.05) is 6.61 Å². The van der Waals surface area contributed by atoms with E-state index < -0.39 is 11.6 Å². The van der Waals surface area contributed by atoms with E-state index in [-0.39, 0.29) is 12.0 Å². The Morgan fingerprint density at radius 3 is 1.94 bits per heavy atom. The van der Waals surface area contributed by atoms with Crippen LogP contribution in [0.5, 0.6) is 0 Å². The monoisotopic (exact) mass is 434 g/mol. The maximum Gasteiger partial charge on any atom is 0.166 e. The van der Waals surface area contributed by atoms with Crippen LogP contribution in [0.2, 0.25) is 0 Å². The molecule has 1 nitrogen and oxygen atoms in total. The summed E-state index contributed by atoms with van der Waals surface area (Å²) in [5.74, 6) is -1.63. The van der Waals surface area contributed by atoms with Gasteiger partial charge in [-0.1, -0.05) is 87.4 Å². The number of hydrogen-bond donors (Lipinski definition) is 0. The average Bonchev–Trinajstić information content (AvgIpc) is 2.83. The van der Waals surface area contributed by atoms with Gasteiger partial charge in [0.15, 0.2) is 11.6 Å². The van der Waals surface area contributed by atoms with Crippen molar-refractivity contribution in [3.63, 3.8) is 0 Å². The molecule has 1 aliphatic rings. The third-order valence-corrected chi connectivity index (χ3v) is 6.52. The van der Waals surface area contributed by atoms with Crippen molar-refractivity contribution in [3.8, 4) is 11.1 Å². The van der Waals surface area contributed by atoms with Gasteiger partial charge in [0.05, 0.1) is 12.7 Å². The highest BCUT2D eigenvalue weighted by atomic mass is 19.2. The van der Waals surface area contributed by atoms with Crippen molar-refractivity contribution in [1.29, 1.82) is 0 Å². The molecule has 168 valence electrons. The summed E-state index contributed by atoms with van der Waals surface area (Å²) < 4.78 is 36.1. The Labute approximate surface area is 190 Å². The lowest BCUT2D eigenvalue weighted by atomic mass is 9.88. The fourth-order valence-corrected chi connectivity index (χ4v) is 4.69. The Morgan fingerprint density at radius 2 is 1.38 bits per heavy atom. The predicted molar refractivity (Wildman–Crippen MR) is 127 cm³/mol. The smallest absolute Gasteiger partial charge is 0.166 e. The molecule has 2 atom stereocenters. The summed E-state index contributed by atoms with van der Waals surface area (Å²) in [5.41, 5.74) is 5.16. The molecular weight excluding hydrogens is 402 g/mol. The molecule has 0 saturated carbocycles. The fraction of sp³-hybridized carbons (Fsp3) is 0.379. The minimum atomic E-state index is -0.764. The quantitative estimate of drug-likeness (QED) is 0.364. The lowest BCUT2D eigenvalue weighted by Gasteiger charge is -2.30. The summed E-state index contributed by atoms with van der Waals surface area (Å²) >= 11 is 0. The summed E-state index contributed by atoms with van der Waals surface area (Å²) in [4.78, 5) is 0. The van der Waals surface area contributed by atoms with Gasteiger partial charge in [-0.2, -0.15) is 0 Å². The molecule has 0 bridgehead atoms. The van der Waals surface area contributed by atoms with Crippen molar-refractivity contribution in [3.05, 3.63) is 94.6 Å². The van der Waals surface area contributed by atoms with Crippen LogP contribution in [0.1, 0.15) is 73.8 Å². The molecule has 32 heavy (non-hydrogen) atoms. The fourth-order valence-electron chi connectivity index (χ4n) is 4.69. The topological polar surface area (TPSA) is 9.23 Å². The molecule has 1 heterocycles. The summed E-state index contributed by atoms with van der Waals surface area (Å²) in [6.45, 7) is 4.71. The summed E-state index contributed by atoms with van der Waals surface area (Å²) in [6, 6.07) is 19.8. The van der Waals surface area contributed by atoms with Gasteiger partial charge in [-0.05, 0) is 53.5 Å². The maximum atomic E-state index is 15.0. The highest BCUT2D eigenvalue weighted by Gasteiger charge is 2.27. The molecule has 3 aromatic carbocycles. The van der Waals surface area contributed by atoms with E-state index in [1.165, 1.54) is 11.1 Å². The maximum absolute atomic E-state index is 15.0. The highest BCUT2D eigenvalue weighted by molar-refractivity contribution is 5.65. The van der Waals surface area contributed by atoms with Crippen LogP contribution in [0, 0.1) is 11.6 Å². The van der Waals surface area contributed by atoms with Gasteiger partial charge in [0, 0.05) is 11.5 Å². The third kappa shape index (κ3) is 4.94. The van der Waals surface area contributed by atoms with E-state index in [9.17, 15) is 4.39 Å². The lowest BCUT2D eigenvalue weighted by Crippen LogP contribution is -2.20. The molecular formula is C29H32F2O. The number of aryl methyl sites for hydroxylation is 2. The SMILES string of the molecule is CCCc1ccc(-c2ccc(C3CCC(c4ccc(CCC)cc4)OC3)c(F)c2F)cc1. The van der Waals surface area contributed by atoms with E-state index in [0.717, 1.165) is 44.1 Å². The second kappa shape index (κ2) is 10.4. The molecule has 3 aromatic rings. The minimum absolute atomic E-state index is 0.0238. The first-order valence-electron chi connectivity index (χ1n) is 11.9. The Kier molecular flexibility index (Phi) is 7.36. The molecule has 1 aliphatic heterocycles. The first-order chi connectivity index (χ1) is 15.6. The number of rotatable bonds is 7. The molecule has 0 radical (unpaired) electrons. The summed E-state index contributed by atoms with van der Waals surface area (Å²) in [7, 11) is 0. The number of halogens is 2. The van der Waals surface area contributed by atoms with Crippen LogP contribution in [-0.2, 0) is 17.6 Å². The largest absolute Gasteiger partial charge is 0.373 e. The van der Waals surface area contributed by atoms with Crippen LogP contribution < -0.4 is 0 Å². The predicted octanol–water partition coefficient (Wildman–Crippen LogP) is 8.17. The molecule has 2 unspecified atom stereocenters. The van der Waals surface area contributed by atoms with Crippen molar-refractivity contribution < 1.29 is 13.5 Å². The van der Waals surface area contributed by atoms with Crippen LogP contribution >= 0.6 is 0 Å². The molecule has 4 rings (SSSR count). The van der Waals surface area contributed by atoms with Crippen LogP contribution in [0.15, 0.2) is 60.7 Å². The number of hydrogen-bond acceptors (Lipinski definition) is 1. The van der Waals surface area contributed by atoms with Crippen molar-refractivity contribution >= 4 is 0 Å². The molecule has 0 amide bonds. The van der Waals surface area contributed by atoms with E-state index >= 15 is 4.39 Å². The average molecular weight is 435 g/mol. The van der Waals surface area contributed by atoms with Crippen LogP contribution in [-0.4, -0.2) is 6.61 Å². The second-order valence-electron chi connectivity index (χ2n) is 8.87. The molecule has 1 fully saturated rings. The van der Waals surface area contributed by atoms with Gasteiger partial charge in [-0.3, -0.25) is 0 Å². The summed E-state index contributed by atoms with van der Waals surface area (Å²) in [5, 5.41) is 0. The Balaban J connectivity index is 1.45. The number of ether oxygens (including phenoxy) is 1. The van der Waals surface area contributed by atoms with Crippen LogP contribution in [0.3, 0.4) is 0 Å². The summed E-state index contributed by atoms with van der Waals surface area (Å²) in [6.07, 6.45) is 5.87. The van der Waals surface area contributed by atoms with Gasteiger partial charge in [0.1, 0.15) is 0 Å². The number of benzene rings is 3. The van der Waals surface area contributed by atoms with E-state index in [1.807, 2.05) is 24.3 Å². The highest BCUT2D eigenvalue weighted by Crippen LogP contribution is 2.38. The standard InChI is InChI=1S/C29H32F2O/c1-3-5-20-7-11-22(12-8-20)25-16-17-26(29(31)28(25)30)24-15-18-27(32-19-24)23-13-9-21(6-4-2)10-14-23/h7-14,16-17,24,27H,3-6,15,18-19H2,1-2H3. The minimum Gasteiger partial charge on any atom is -0.373 e. The molecule has 0 aromatic heterocycles. The lowest BCUT2D eigenvalue weighted by molar-refractivity contribution is 0.00163. The van der Waals surface area contributed by atoms with Gasteiger partial charge >= 0.3 is 0 Å². The van der Waals surface area contributed by atoms with E-state index in [4.69, 9.17) is 4.74 Å². The molecule has 1 saturated heterocycles. The third-order valence-electron chi connectivity index (χ3n) is 6.52. The van der Waals surface area contributed by atoms with Crippen LogP contribution in [0.25, 0.3) is 11.1 Å². The zero-order valence-corrected chi connectivity index (χ0v) is 19.0. The Bertz CT molecular complexity index is 1020. The van der Waals surface area contributed by atoms with E-state index in [1.54, 1.807) is 12.1 Å². The van der Waals surface area contributed by atoms with Gasteiger partial charge in [0.25, 0.3) is 0 Å². The van der Waals surface area contributed by atoms with E-state index in [0.29, 0.717) is 23.3 Å². The normalized spacial score (nSPS) is 18.6. The van der Waals surface area contributed by atoms with Crippen molar-refractivity contribution in [2.24, 2.45) is 0 Å². The molecule has 0 aliphatic carbocycles. The van der Waals surface area contributed by atoms with Crippen LogP contribution in [0.4, 0.5) is 8.78 Å². The molecule has 0 spiro atoms. The first-order valence-corrected chi connectivity index (χ1v) is 11.9. The van der Waals surface area contributed by atoms with Gasteiger partial charge in [-0.25, -0.2) is 8.78 Å². The molecule has 0 N–H and O–H groups in total. The second-order valence-corrected chi connectivity index (χ2v) is 8.87. The van der Waals surface area contributed by atoms with Gasteiger partial charge < -0.3 is 4.74 Å². The van der Waals surface area contributed by atoms with Crippen molar-refractivity contribution in [2.45, 2.75) is 64.4 Å². The Morgan fingerprint density at radius 1 is 0.750 bits per heavy atom. The van der Waals surface area contributed by atoms with Crippen molar-refractivity contribution in [1.82, 2.24) is 0 Å². The van der Waals surface area contributed by atoms with Gasteiger partial charge in [-0.15, -0.1) is 0 Å². The zero-order chi connectivity index (χ0) is 22.5. The first kappa shape index (κ1) is 22.7. The molecule has 3 heteroatoms. The van der Waals surface area contributed by atoms with Gasteiger partial charge in [0.2, 0.25) is 0 Å². The zero-order valence-electron chi connectivity index (χ0n) is 19.0. The van der Waals surface area contributed by atoms with E-state index in [2.05, 4.69) is 38.1 Å².